The first-order valence-corrected chi connectivity index (χ1v) is 9.01. The molecule has 0 amide bonds. The highest BCUT2D eigenvalue weighted by molar-refractivity contribution is 5.81. The van der Waals surface area contributed by atoms with Crippen molar-refractivity contribution in [1.82, 2.24) is 29.9 Å². The molecule has 0 fully saturated rings. The number of rotatable bonds is 5. The Bertz CT molecular complexity index is 1260. The van der Waals surface area contributed by atoms with Gasteiger partial charge in [0.05, 0.1) is 25.0 Å². The highest BCUT2D eigenvalue weighted by Crippen LogP contribution is 2.24. The number of ether oxygens (including phenoxy) is 1. The number of fused-ring (bicyclic) bond motifs is 1. The van der Waals surface area contributed by atoms with Gasteiger partial charge < -0.3 is 10.1 Å². The quantitative estimate of drug-likeness (QED) is 0.477. The number of anilines is 2. The second-order valence-corrected chi connectivity index (χ2v) is 6.41. The molecular weight excluding hydrogens is 366 g/mol. The van der Waals surface area contributed by atoms with E-state index in [0.717, 1.165) is 33.5 Å². The smallest absolute Gasteiger partial charge is 0.253 e. The number of nitrogens with one attached hydrogen (secondary N) is 2. The standard InChI is InChI=1S/C21H17N7O/c1-29-18-6-7-19-15(10-18)13-25-28(19)21-22-9-8-20(27-21)26-17-4-2-14(3-5-17)16-11-23-24-12-16/h2-13H,1H3,(H,23,24)(H,22,26,27). The average Bonchev–Trinajstić information content (AvgIpc) is 3.44. The molecule has 0 aliphatic carbocycles. The van der Waals surface area contributed by atoms with Crippen LogP contribution in [0.2, 0.25) is 0 Å². The molecule has 0 spiro atoms. The third-order valence-electron chi connectivity index (χ3n) is 4.60. The van der Waals surface area contributed by atoms with Crippen molar-refractivity contribution in [3.63, 3.8) is 0 Å². The molecule has 8 heteroatoms. The number of nitrogens with zero attached hydrogens (tertiary/aromatic N) is 5. The summed E-state index contributed by atoms with van der Waals surface area (Å²) in [6.45, 7) is 0. The van der Waals surface area contributed by atoms with E-state index in [9.17, 15) is 0 Å². The van der Waals surface area contributed by atoms with Gasteiger partial charge in [0, 0.05) is 29.0 Å². The lowest BCUT2D eigenvalue weighted by molar-refractivity contribution is 0.415. The maximum Gasteiger partial charge on any atom is 0.253 e. The Morgan fingerprint density at radius 2 is 1.90 bits per heavy atom. The van der Waals surface area contributed by atoms with Crippen molar-refractivity contribution in [2.75, 3.05) is 12.4 Å². The van der Waals surface area contributed by atoms with E-state index >= 15 is 0 Å². The highest BCUT2D eigenvalue weighted by atomic mass is 16.5. The second kappa shape index (κ2) is 7.08. The molecule has 0 saturated carbocycles. The minimum Gasteiger partial charge on any atom is -0.497 e. The summed E-state index contributed by atoms with van der Waals surface area (Å²) >= 11 is 0. The normalized spacial score (nSPS) is 10.9. The predicted octanol–water partition coefficient (Wildman–Crippen LogP) is 3.96. The molecule has 0 saturated heterocycles. The van der Waals surface area contributed by atoms with Crippen molar-refractivity contribution in [2.24, 2.45) is 0 Å². The lowest BCUT2D eigenvalue weighted by Gasteiger charge is -2.08. The maximum atomic E-state index is 5.27. The van der Waals surface area contributed by atoms with E-state index in [-0.39, 0.29) is 0 Å². The summed E-state index contributed by atoms with van der Waals surface area (Å²) in [4.78, 5) is 8.98. The minimum absolute atomic E-state index is 0.491. The van der Waals surface area contributed by atoms with Gasteiger partial charge in [-0.15, -0.1) is 0 Å². The van der Waals surface area contributed by atoms with Crippen molar-refractivity contribution in [3.8, 4) is 22.8 Å². The first kappa shape index (κ1) is 16.9. The molecule has 29 heavy (non-hydrogen) atoms. The second-order valence-electron chi connectivity index (χ2n) is 6.41. The van der Waals surface area contributed by atoms with E-state index in [2.05, 4.69) is 30.6 Å². The van der Waals surface area contributed by atoms with Crippen molar-refractivity contribution < 1.29 is 4.74 Å². The van der Waals surface area contributed by atoms with Crippen LogP contribution in [0.15, 0.2) is 73.3 Å². The van der Waals surface area contributed by atoms with Crippen molar-refractivity contribution in [3.05, 3.63) is 73.3 Å². The molecule has 0 atom stereocenters. The zero-order valence-corrected chi connectivity index (χ0v) is 15.6. The molecule has 0 unspecified atom stereocenters. The first-order valence-electron chi connectivity index (χ1n) is 9.01. The monoisotopic (exact) mass is 383 g/mol. The number of hydrogen-bond acceptors (Lipinski definition) is 6. The van der Waals surface area contributed by atoms with Crippen LogP contribution in [0.3, 0.4) is 0 Å². The lowest BCUT2D eigenvalue weighted by atomic mass is 10.1. The Morgan fingerprint density at radius 3 is 2.69 bits per heavy atom. The van der Waals surface area contributed by atoms with E-state index in [4.69, 9.17) is 4.74 Å². The van der Waals surface area contributed by atoms with Gasteiger partial charge in [0.2, 0.25) is 0 Å². The zero-order chi connectivity index (χ0) is 19.6. The number of aromatic nitrogens is 6. The van der Waals surface area contributed by atoms with Crippen molar-refractivity contribution >= 4 is 22.4 Å². The van der Waals surface area contributed by atoms with Crippen molar-refractivity contribution in [2.45, 2.75) is 0 Å². The summed E-state index contributed by atoms with van der Waals surface area (Å²) in [5, 5.41) is 15.5. The van der Waals surface area contributed by atoms with Crippen LogP contribution < -0.4 is 10.1 Å². The third kappa shape index (κ3) is 3.27. The third-order valence-corrected chi connectivity index (χ3v) is 4.60. The van der Waals surface area contributed by atoms with Crippen LogP contribution in [0.1, 0.15) is 0 Å². The number of H-pyrrole nitrogens is 1. The van der Waals surface area contributed by atoms with Gasteiger partial charge in [-0.1, -0.05) is 12.1 Å². The number of methoxy groups -OCH3 is 1. The van der Waals surface area contributed by atoms with Crippen LogP contribution in [0.4, 0.5) is 11.5 Å². The van der Waals surface area contributed by atoms with E-state index in [0.29, 0.717) is 11.8 Å². The topological polar surface area (TPSA) is 93.5 Å². The molecule has 0 bridgehead atoms. The Labute approximate surface area is 166 Å². The zero-order valence-electron chi connectivity index (χ0n) is 15.6. The molecule has 142 valence electrons. The van der Waals surface area contributed by atoms with E-state index in [1.54, 1.807) is 30.4 Å². The van der Waals surface area contributed by atoms with Crippen LogP contribution in [0.5, 0.6) is 5.75 Å². The van der Waals surface area contributed by atoms with Gasteiger partial charge in [0.1, 0.15) is 11.6 Å². The molecule has 5 rings (SSSR count). The van der Waals surface area contributed by atoms with Crippen LogP contribution in [0, 0.1) is 0 Å². The Morgan fingerprint density at radius 1 is 1.00 bits per heavy atom. The highest BCUT2D eigenvalue weighted by Gasteiger charge is 2.09. The van der Waals surface area contributed by atoms with Gasteiger partial charge in [0.25, 0.3) is 5.95 Å². The fraction of sp³-hybridized carbons (Fsp3) is 0.0476. The largest absolute Gasteiger partial charge is 0.497 e. The fourth-order valence-corrected chi connectivity index (χ4v) is 3.12. The number of benzene rings is 2. The molecular formula is C21H17N7O. The Balaban J connectivity index is 1.41. The maximum absolute atomic E-state index is 5.27. The average molecular weight is 383 g/mol. The molecule has 3 heterocycles. The van der Waals surface area contributed by atoms with Gasteiger partial charge in [-0.3, -0.25) is 5.10 Å². The Hall–Kier alpha value is -4.20. The molecule has 8 nitrogen and oxygen atoms in total. The molecule has 3 aromatic heterocycles. The fourth-order valence-electron chi connectivity index (χ4n) is 3.12. The summed E-state index contributed by atoms with van der Waals surface area (Å²) in [7, 11) is 1.64. The van der Waals surface area contributed by atoms with Gasteiger partial charge in [-0.2, -0.15) is 19.9 Å². The molecule has 0 radical (unpaired) electrons. The van der Waals surface area contributed by atoms with Gasteiger partial charge in [-0.05, 0) is 42.0 Å². The summed E-state index contributed by atoms with van der Waals surface area (Å²) in [5.41, 5.74) is 3.97. The Kier molecular flexibility index (Phi) is 4.14. The van der Waals surface area contributed by atoms with Gasteiger partial charge >= 0.3 is 0 Å². The molecule has 0 aliphatic rings. The molecule has 0 aliphatic heterocycles. The summed E-state index contributed by atoms with van der Waals surface area (Å²) < 4.78 is 6.98. The van der Waals surface area contributed by atoms with E-state index in [1.165, 1.54) is 0 Å². The van der Waals surface area contributed by atoms with E-state index in [1.807, 2.05) is 54.7 Å². The van der Waals surface area contributed by atoms with Crippen LogP contribution in [-0.2, 0) is 0 Å². The van der Waals surface area contributed by atoms with Crippen LogP contribution in [0.25, 0.3) is 28.0 Å². The molecule has 5 aromatic rings. The van der Waals surface area contributed by atoms with Gasteiger partial charge in [-0.25, -0.2) is 4.98 Å². The number of aromatic amines is 1. The van der Waals surface area contributed by atoms with Crippen LogP contribution in [-0.4, -0.2) is 37.1 Å². The van der Waals surface area contributed by atoms with Crippen molar-refractivity contribution in [1.29, 1.82) is 0 Å². The summed E-state index contributed by atoms with van der Waals surface area (Å²) in [6.07, 6.45) is 7.14. The summed E-state index contributed by atoms with van der Waals surface area (Å²) in [5.74, 6) is 1.96. The minimum atomic E-state index is 0.491. The summed E-state index contributed by atoms with van der Waals surface area (Å²) in [6, 6.07) is 15.7. The van der Waals surface area contributed by atoms with Crippen LogP contribution >= 0.6 is 0 Å². The SMILES string of the molecule is COc1ccc2c(cnn2-c2nccc(Nc3ccc(-c4cn[nH]c4)cc3)n2)c1. The van der Waals surface area contributed by atoms with E-state index < -0.39 is 0 Å². The first-order chi connectivity index (χ1) is 14.3. The predicted molar refractivity (Wildman–Crippen MR) is 111 cm³/mol. The molecule has 2 aromatic carbocycles. The van der Waals surface area contributed by atoms with Gasteiger partial charge in [0.15, 0.2) is 0 Å². The number of hydrogen-bond donors (Lipinski definition) is 2. The lowest BCUT2D eigenvalue weighted by Crippen LogP contribution is -2.04. The molecule has 2 N–H and O–H groups in total.